The maximum Gasteiger partial charge on any atom is 0.311 e. The van der Waals surface area contributed by atoms with E-state index in [0.717, 1.165) is 25.7 Å². The highest BCUT2D eigenvalue weighted by molar-refractivity contribution is 5.72. The van der Waals surface area contributed by atoms with Crippen LogP contribution in [0.3, 0.4) is 0 Å². The van der Waals surface area contributed by atoms with Gasteiger partial charge in [-0.15, -0.1) is 0 Å². The van der Waals surface area contributed by atoms with Gasteiger partial charge in [-0.3, -0.25) is 4.79 Å². The first kappa shape index (κ1) is 22.8. The molecule has 0 spiro atoms. The highest BCUT2D eigenvalue weighted by Crippen LogP contribution is 2.63. The first-order valence-electron chi connectivity index (χ1n) is 11.7. The van der Waals surface area contributed by atoms with Crippen molar-refractivity contribution in [3.8, 4) is 0 Å². The number of fused-ring (bicyclic) bond motifs is 1. The summed E-state index contributed by atoms with van der Waals surface area (Å²) >= 11 is 0. The number of methoxy groups -OCH3 is 1. The second-order valence-electron chi connectivity index (χ2n) is 10.9. The summed E-state index contributed by atoms with van der Waals surface area (Å²) in [5.74, 6) is 0.892. The lowest BCUT2D eigenvalue weighted by molar-refractivity contribution is -0.412. The van der Waals surface area contributed by atoms with Gasteiger partial charge in [-0.2, -0.15) is 0 Å². The summed E-state index contributed by atoms with van der Waals surface area (Å²) in [6.07, 6.45) is 10.1. The monoisotopic (exact) mass is 406 g/mol. The van der Waals surface area contributed by atoms with Crippen LogP contribution in [0.15, 0.2) is 12.2 Å². The minimum atomic E-state index is -0.297. The van der Waals surface area contributed by atoms with E-state index < -0.39 is 0 Å². The van der Waals surface area contributed by atoms with Gasteiger partial charge >= 0.3 is 5.97 Å². The van der Waals surface area contributed by atoms with E-state index >= 15 is 0 Å². The third kappa shape index (κ3) is 4.17. The summed E-state index contributed by atoms with van der Waals surface area (Å²) in [5.41, 5.74) is 1.80. The van der Waals surface area contributed by atoms with Gasteiger partial charge in [0.1, 0.15) is 11.7 Å². The average Bonchev–Trinajstić information content (AvgIpc) is 2.71. The summed E-state index contributed by atoms with van der Waals surface area (Å²) < 4.78 is 4.86. The second kappa shape index (κ2) is 8.34. The molecule has 3 rings (SSSR count). The van der Waals surface area contributed by atoms with Gasteiger partial charge in [-0.1, -0.05) is 32.9 Å². The Balaban J connectivity index is 1.65. The molecule has 3 aliphatic rings. The van der Waals surface area contributed by atoms with Crippen LogP contribution in [0.4, 0.5) is 0 Å². The van der Waals surface area contributed by atoms with E-state index in [0.29, 0.717) is 22.7 Å². The largest absolute Gasteiger partial charge is 0.469 e. The van der Waals surface area contributed by atoms with Gasteiger partial charge < -0.3 is 4.74 Å². The molecule has 166 valence electrons. The molecule has 0 aromatic rings. The standard InChI is InChI=1S/C25H42O4/c1-17-9-8-10-21-24(17,5)14-11-18(2)25(21,6)16-15-23(4)13-12-20(28-29-23)19(3)22(26)27-7/h18-21H,1,8-16H2,2-7H3/t18-,19-,20+,21+,23-,24+,25+/m0/s1. The van der Waals surface area contributed by atoms with Crippen molar-refractivity contribution >= 4 is 5.97 Å². The summed E-state index contributed by atoms with van der Waals surface area (Å²) in [4.78, 5) is 23.4. The lowest BCUT2D eigenvalue weighted by atomic mass is 9.46. The van der Waals surface area contributed by atoms with Crippen molar-refractivity contribution < 1.29 is 19.3 Å². The van der Waals surface area contributed by atoms with E-state index in [-0.39, 0.29) is 23.6 Å². The number of hydrogen-bond donors (Lipinski definition) is 0. The summed E-state index contributed by atoms with van der Waals surface area (Å²) in [7, 11) is 1.42. The fourth-order valence-electron chi connectivity index (χ4n) is 6.48. The van der Waals surface area contributed by atoms with Gasteiger partial charge in [0.2, 0.25) is 0 Å². The molecule has 0 aromatic heterocycles. The zero-order valence-corrected chi connectivity index (χ0v) is 19.5. The average molecular weight is 407 g/mol. The van der Waals surface area contributed by atoms with Crippen LogP contribution in [-0.2, 0) is 19.3 Å². The van der Waals surface area contributed by atoms with Gasteiger partial charge in [-0.25, -0.2) is 9.78 Å². The molecule has 0 aromatic carbocycles. The molecule has 0 amide bonds. The summed E-state index contributed by atoms with van der Waals surface area (Å²) in [6.45, 7) is 16.0. The number of hydrogen-bond acceptors (Lipinski definition) is 4. The third-order valence-corrected chi connectivity index (χ3v) is 9.22. The van der Waals surface area contributed by atoms with Crippen LogP contribution in [0.2, 0.25) is 0 Å². The van der Waals surface area contributed by atoms with Crippen molar-refractivity contribution in [2.24, 2.45) is 28.6 Å². The van der Waals surface area contributed by atoms with Crippen LogP contribution in [0, 0.1) is 28.6 Å². The van der Waals surface area contributed by atoms with E-state index in [1.54, 1.807) is 0 Å². The fourth-order valence-corrected chi connectivity index (χ4v) is 6.48. The molecule has 3 fully saturated rings. The Morgan fingerprint density at radius 2 is 1.93 bits per heavy atom. The second-order valence-corrected chi connectivity index (χ2v) is 10.9. The van der Waals surface area contributed by atoms with Crippen molar-refractivity contribution in [2.45, 2.75) is 104 Å². The van der Waals surface area contributed by atoms with Gasteiger partial charge in [0.15, 0.2) is 0 Å². The predicted molar refractivity (Wildman–Crippen MR) is 115 cm³/mol. The lowest BCUT2D eigenvalue weighted by Crippen LogP contribution is -2.51. The van der Waals surface area contributed by atoms with Crippen LogP contribution >= 0.6 is 0 Å². The fraction of sp³-hybridized carbons (Fsp3) is 0.880. The number of allylic oxidation sites excluding steroid dienone is 1. The minimum Gasteiger partial charge on any atom is -0.469 e. The summed E-state index contributed by atoms with van der Waals surface area (Å²) in [5, 5.41) is 0. The minimum absolute atomic E-state index is 0.218. The number of esters is 1. The van der Waals surface area contributed by atoms with Crippen LogP contribution in [0.1, 0.15) is 92.4 Å². The highest BCUT2D eigenvalue weighted by atomic mass is 17.2. The Morgan fingerprint density at radius 3 is 2.55 bits per heavy atom. The van der Waals surface area contributed by atoms with Gasteiger partial charge in [-0.05, 0) is 94.3 Å². The SMILES string of the molecule is C=C1CCC[C@H]2[C@](C)(CC[C@]3(C)CC[C@H]([C@H](C)C(=O)OC)OO3)[C@@H](C)CC[C@]12C. The normalized spacial score (nSPS) is 44.1. The molecular weight excluding hydrogens is 364 g/mol. The Hall–Kier alpha value is -0.870. The van der Waals surface area contributed by atoms with Gasteiger partial charge in [0.05, 0.1) is 13.0 Å². The van der Waals surface area contributed by atoms with E-state index in [1.165, 1.54) is 44.8 Å². The van der Waals surface area contributed by atoms with E-state index in [9.17, 15) is 4.79 Å². The zero-order chi connectivity index (χ0) is 21.4. The molecule has 2 saturated carbocycles. The molecule has 1 aliphatic heterocycles. The Bertz CT molecular complexity index is 620. The van der Waals surface area contributed by atoms with Crippen molar-refractivity contribution in [1.29, 1.82) is 0 Å². The highest BCUT2D eigenvalue weighted by Gasteiger charge is 2.54. The molecule has 7 atom stereocenters. The van der Waals surface area contributed by atoms with E-state index in [4.69, 9.17) is 14.5 Å². The van der Waals surface area contributed by atoms with Crippen molar-refractivity contribution in [1.82, 2.24) is 0 Å². The van der Waals surface area contributed by atoms with Gasteiger partial charge in [0, 0.05) is 0 Å². The molecule has 0 N–H and O–H groups in total. The number of carbonyl (C=O) groups excluding carboxylic acids is 1. The van der Waals surface area contributed by atoms with Crippen LogP contribution in [0.25, 0.3) is 0 Å². The molecule has 0 unspecified atom stereocenters. The van der Waals surface area contributed by atoms with Crippen molar-refractivity contribution in [2.75, 3.05) is 7.11 Å². The number of ether oxygens (including phenoxy) is 1. The quantitative estimate of drug-likeness (QED) is 0.308. The third-order valence-electron chi connectivity index (χ3n) is 9.22. The smallest absolute Gasteiger partial charge is 0.311 e. The molecule has 4 nitrogen and oxygen atoms in total. The van der Waals surface area contributed by atoms with Crippen LogP contribution in [0.5, 0.6) is 0 Å². The molecule has 1 saturated heterocycles. The molecule has 1 heterocycles. The maximum atomic E-state index is 11.8. The van der Waals surface area contributed by atoms with E-state index in [1.807, 2.05) is 6.92 Å². The number of rotatable bonds is 5. The van der Waals surface area contributed by atoms with Crippen LogP contribution in [-0.4, -0.2) is 24.8 Å². The van der Waals surface area contributed by atoms with E-state index in [2.05, 4.69) is 34.3 Å². The van der Waals surface area contributed by atoms with Gasteiger partial charge in [0.25, 0.3) is 0 Å². The molecule has 2 aliphatic carbocycles. The summed E-state index contributed by atoms with van der Waals surface area (Å²) in [6, 6.07) is 0. The zero-order valence-electron chi connectivity index (χ0n) is 19.5. The van der Waals surface area contributed by atoms with Crippen molar-refractivity contribution in [3.63, 3.8) is 0 Å². The molecule has 29 heavy (non-hydrogen) atoms. The first-order chi connectivity index (χ1) is 13.6. The molecule has 0 bridgehead atoms. The maximum absolute atomic E-state index is 11.8. The Kier molecular flexibility index (Phi) is 6.56. The topological polar surface area (TPSA) is 44.8 Å². The predicted octanol–water partition coefficient (Wildman–Crippen LogP) is 6.24. The molecule has 4 heteroatoms. The lowest BCUT2D eigenvalue weighted by Gasteiger charge is -2.59. The molecular formula is C25H42O4. The van der Waals surface area contributed by atoms with Crippen molar-refractivity contribution in [3.05, 3.63) is 12.2 Å². The molecule has 0 radical (unpaired) electrons. The Labute approximate surface area is 177 Å². The number of carbonyl (C=O) groups is 1. The first-order valence-corrected chi connectivity index (χ1v) is 11.7. The van der Waals surface area contributed by atoms with Crippen LogP contribution < -0.4 is 0 Å². The Morgan fingerprint density at radius 1 is 1.21 bits per heavy atom.